The highest BCUT2D eigenvalue weighted by Crippen LogP contribution is 2.37. The number of rotatable bonds is 2. The fraction of sp³-hybridized carbons (Fsp3) is 0.867. The van der Waals surface area contributed by atoms with Gasteiger partial charge >= 0.3 is 0 Å². The molecule has 1 aromatic heterocycles. The fourth-order valence-corrected chi connectivity index (χ4v) is 3.65. The zero-order valence-electron chi connectivity index (χ0n) is 13.4. The Morgan fingerprint density at radius 1 is 1.33 bits per heavy atom. The molecule has 1 saturated heterocycles. The standard InChI is InChI=1S/C15H27N5O/c1-11-5-4-6-15(16,9-11)14-17-13(18-21-14)12-10-19(2)7-8-20(12)3/h11-12H,4-10,16H2,1-3H3. The highest BCUT2D eigenvalue weighted by Gasteiger charge is 2.39. The number of piperazine rings is 1. The van der Waals surface area contributed by atoms with Gasteiger partial charge in [0.25, 0.3) is 0 Å². The van der Waals surface area contributed by atoms with Gasteiger partial charge < -0.3 is 15.2 Å². The summed E-state index contributed by atoms with van der Waals surface area (Å²) < 4.78 is 5.56. The van der Waals surface area contributed by atoms with Crippen LogP contribution in [0, 0.1) is 5.92 Å². The molecular formula is C15H27N5O. The van der Waals surface area contributed by atoms with Gasteiger partial charge in [0, 0.05) is 19.6 Å². The molecule has 3 unspecified atom stereocenters. The molecule has 1 aliphatic heterocycles. The summed E-state index contributed by atoms with van der Waals surface area (Å²) in [7, 11) is 4.25. The average Bonchev–Trinajstić information content (AvgIpc) is 2.91. The van der Waals surface area contributed by atoms with Crippen molar-refractivity contribution in [2.24, 2.45) is 11.7 Å². The van der Waals surface area contributed by atoms with E-state index in [4.69, 9.17) is 10.3 Å². The van der Waals surface area contributed by atoms with Gasteiger partial charge in [-0.2, -0.15) is 4.98 Å². The third kappa shape index (κ3) is 2.98. The first-order valence-corrected chi connectivity index (χ1v) is 8.00. The van der Waals surface area contributed by atoms with Crippen molar-refractivity contribution in [1.82, 2.24) is 19.9 Å². The van der Waals surface area contributed by atoms with Gasteiger partial charge in [-0.05, 0) is 32.9 Å². The van der Waals surface area contributed by atoms with Gasteiger partial charge in [0.2, 0.25) is 5.89 Å². The lowest BCUT2D eigenvalue weighted by Crippen LogP contribution is -2.45. The maximum Gasteiger partial charge on any atom is 0.246 e. The summed E-state index contributed by atoms with van der Waals surface area (Å²) in [4.78, 5) is 9.28. The molecule has 0 aromatic carbocycles. The second-order valence-corrected chi connectivity index (χ2v) is 7.07. The molecule has 2 aliphatic rings. The van der Waals surface area contributed by atoms with Crippen LogP contribution in [-0.2, 0) is 5.54 Å². The number of likely N-dealkylation sites (N-methyl/N-ethyl adjacent to an activating group) is 2. The zero-order chi connectivity index (χ0) is 15.0. The Morgan fingerprint density at radius 3 is 2.90 bits per heavy atom. The first kappa shape index (κ1) is 14.9. The second-order valence-electron chi connectivity index (χ2n) is 7.07. The average molecular weight is 293 g/mol. The molecule has 2 N–H and O–H groups in total. The molecular weight excluding hydrogens is 266 g/mol. The molecule has 0 spiro atoms. The third-order valence-electron chi connectivity index (χ3n) is 5.05. The molecule has 2 fully saturated rings. The molecule has 3 rings (SSSR count). The maximum atomic E-state index is 6.56. The van der Waals surface area contributed by atoms with E-state index >= 15 is 0 Å². The molecule has 3 atom stereocenters. The van der Waals surface area contributed by atoms with E-state index in [-0.39, 0.29) is 6.04 Å². The minimum absolute atomic E-state index is 0.200. The van der Waals surface area contributed by atoms with E-state index in [0.717, 1.165) is 44.7 Å². The predicted octanol–water partition coefficient (Wildman–Crippen LogP) is 1.35. The zero-order valence-corrected chi connectivity index (χ0v) is 13.4. The second kappa shape index (κ2) is 5.66. The van der Waals surface area contributed by atoms with E-state index in [1.54, 1.807) is 0 Å². The number of aromatic nitrogens is 2. The van der Waals surface area contributed by atoms with Crippen molar-refractivity contribution in [2.45, 2.75) is 44.2 Å². The van der Waals surface area contributed by atoms with E-state index in [2.05, 4.69) is 41.0 Å². The summed E-state index contributed by atoms with van der Waals surface area (Å²) in [5, 5.41) is 4.24. The van der Waals surface area contributed by atoms with Crippen LogP contribution in [0.4, 0.5) is 0 Å². The molecule has 1 saturated carbocycles. The fourth-order valence-electron chi connectivity index (χ4n) is 3.65. The first-order chi connectivity index (χ1) is 9.98. The van der Waals surface area contributed by atoms with E-state index in [1.165, 1.54) is 6.42 Å². The number of hydrogen-bond acceptors (Lipinski definition) is 6. The molecule has 1 aliphatic carbocycles. The van der Waals surface area contributed by atoms with E-state index in [1.807, 2.05) is 0 Å². The highest BCUT2D eigenvalue weighted by molar-refractivity contribution is 5.07. The minimum atomic E-state index is -0.429. The Balaban J connectivity index is 1.79. The van der Waals surface area contributed by atoms with E-state index < -0.39 is 5.54 Å². The third-order valence-corrected chi connectivity index (χ3v) is 5.05. The Kier molecular flexibility index (Phi) is 4.03. The summed E-state index contributed by atoms with van der Waals surface area (Å²) in [5.74, 6) is 2.04. The number of nitrogens with zero attached hydrogens (tertiary/aromatic N) is 4. The van der Waals surface area contributed by atoms with Gasteiger partial charge in [0.1, 0.15) is 0 Å². The van der Waals surface area contributed by atoms with Crippen LogP contribution in [0.15, 0.2) is 4.52 Å². The molecule has 1 aromatic rings. The topological polar surface area (TPSA) is 71.4 Å². The van der Waals surface area contributed by atoms with Gasteiger partial charge in [-0.25, -0.2) is 0 Å². The summed E-state index contributed by atoms with van der Waals surface area (Å²) >= 11 is 0. The normalized spacial score (nSPS) is 36.0. The van der Waals surface area contributed by atoms with Gasteiger partial charge in [-0.1, -0.05) is 24.9 Å². The van der Waals surface area contributed by atoms with Crippen LogP contribution in [-0.4, -0.2) is 53.7 Å². The van der Waals surface area contributed by atoms with E-state index in [0.29, 0.717) is 11.8 Å². The highest BCUT2D eigenvalue weighted by atomic mass is 16.5. The number of hydrogen-bond donors (Lipinski definition) is 1. The SMILES string of the molecule is CC1CCCC(N)(c2nc(C3CN(C)CCN3C)no2)C1. The van der Waals surface area contributed by atoms with Crippen LogP contribution in [0.5, 0.6) is 0 Å². The van der Waals surface area contributed by atoms with Crippen molar-refractivity contribution in [1.29, 1.82) is 0 Å². The summed E-state index contributed by atoms with van der Waals surface area (Å²) in [6, 6.07) is 0.200. The van der Waals surface area contributed by atoms with E-state index in [9.17, 15) is 0 Å². The van der Waals surface area contributed by atoms with Crippen molar-refractivity contribution in [3.8, 4) is 0 Å². The Labute approximate surface area is 126 Å². The predicted molar refractivity (Wildman–Crippen MR) is 80.7 cm³/mol. The Hall–Kier alpha value is -0.980. The van der Waals surface area contributed by atoms with Crippen LogP contribution in [0.3, 0.4) is 0 Å². The van der Waals surface area contributed by atoms with Crippen molar-refractivity contribution >= 4 is 0 Å². The van der Waals surface area contributed by atoms with Gasteiger partial charge in [-0.15, -0.1) is 0 Å². The molecule has 6 nitrogen and oxygen atoms in total. The van der Waals surface area contributed by atoms with Crippen LogP contribution in [0.2, 0.25) is 0 Å². The maximum absolute atomic E-state index is 6.56. The molecule has 6 heteroatoms. The van der Waals surface area contributed by atoms with Crippen LogP contribution in [0.1, 0.15) is 50.4 Å². The lowest BCUT2D eigenvalue weighted by Gasteiger charge is -2.36. The lowest BCUT2D eigenvalue weighted by atomic mass is 9.77. The van der Waals surface area contributed by atoms with Crippen LogP contribution >= 0.6 is 0 Å². The van der Waals surface area contributed by atoms with Crippen LogP contribution < -0.4 is 5.73 Å². The van der Waals surface area contributed by atoms with Gasteiger partial charge in [-0.3, -0.25) is 4.90 Å². The van der Waals surface area contributed by atoms with Gasteiger partial charge in [0.05, 0.1) is 11.6 Å². The molecule has 118 valence electrons. The summed E-state index contributed by atoms with van der Waals surface area (Å²) in [6.45, 7) is 5.29. The lowest BCUT2D eigenvalue weighted by molar-refractivity contribution is 0.108. The molecule has 0 amide bonds. The summed E-state index contributed by atoms with van der Waals surface area (Å²) in [6.07, 6.45) is 4.27. The first-order valence-electron chi connectivity index (χ1n) is 8.00. The van der Waals surface area contributed by atoms with Crippen molar-refractivity contribution in [3.63, 3.8) is 0 Å². The largest absolute Gasteiger partial charge is 0.337 e. The molecule has 0 bridgehead atoms. The molecule has 21 heavy (non-hydrogen) atoms. The van der Waals surface area contributed by atoms with Gasteiger partial charge in [0.15, 0.2) is 5.82 Å². The Bertz CT molecular complexity index is 490. The van der Waals surface area contributed by atoms with Crippen LogP contribution in [0.25, 0.3) is 0 Å². The van der Waals surface area contributed by atoms with Crippen molar-refractivity contribution < 1.29 is 4.52 Å². The monoisotopic (exact) mass is 293 g/mol. The van der Waals surface area contributed by atoms with Crippen molar-refractivity contribution in [2.75, 3.05) is 33.7 Å². The number of nitrogens with two attached hydrogens (primary N) is 1. The van der Waals surface area contributed by atoms with Crippen molar-refractivity contribution in [3.05, 3.63) is 11.7 Å². The molecule has 0 radical (unpaired) electrons. The quantitative estimate of drug-likeness (QED) is 0.887. The minimum Gasteiger partial charge on any atom is -0.337 e. The molecule has 2 heterocycles. The smallest absolute Gasteiger partial charge is 0.246 e. The summed E-state index contributed by atoms with van der Waals surface area (Å²) in [5.41, 5.74) is 6.13. The Morgan fingerprint density at radius 2 is 2.14 bits per heavy atom.